The summed E-state index contributed by atoms with van der Waals surface area (Å²) < 4.78 is 31.8. The van der Waals surface area contributed by atoms with Crippen LogP contribution in [0.3, 0.4) is 0 Å². The number of aliphatic carboxylic acids is 1. The first kappa shape index (κ1) is 23.4. The van der Waals surface area contributed by atoms with Crippen LogP contribution >= 0.6 is 0 Å². The van der Waals surface area contributed by atoms with E-state index in [-0.39, 0.29) is 35.8 Å². The van der Waals surface area contributed by atoms with Crippen molar-refractivity contribution in [3.8, 4) is 0 Å². The highest BCUT2D eigenvalue weighted by Gasteiger charge is 2.58. The van der Waals surface area contributed by atoms with Crippen molar-refractivity contribution in [1.82, 2.24) is 5.06 Å². The number of hydrogen-bond donors (Lipinski definition) is 1. The van der Waals surface area contributed by atoms with Gasteiger partial charge in [0, 0.05) is 0 Å². The lowest BCUT2D eigenvalue weighted by molar-refractivity contribution is -0.161. The molecule has 2 aromatic rings. The summed E-state index contributed by atoms with van der Waals surface area (Å²) in [4.78, 5) is 38.0. The van der Waals surface area contributed by atoms with Gasteiger partial charge in [-0.15, -0.1) is 9.35 Å². The topological polar surface area (TPSA) is 118 Å². The minimum Gasteiger partial charge on any atom is -0.481 e. The zero-order chi connectivity index (χ0) is 25.0. The molecule has 1 heterocycles. The van der Waals surface area contributed by atoms with Gasteiger partial charge < -0.3 is 5.11 Å². The minimum absolute atomic E-state index is 0.0182. The van der Waals surface area contributed by atoms with Crippen LogP contribution in [0.2, 0.25) is 0 Å². The van der Waals surface area contributed by atoms with Gasteiger partial charge >= 0.3 is 5.97 Å². The van der Waals surface area contributed by atoms with E-state index >= 15 is 0 Å². The smallest absolute Gasteiger partial charge is 0.303 e. The molecule has 4 unspecified atom stereocenters. The van der Waals surface area contributed by atoms with Gasteiger partial charge in [0.15, 0.2) is 0 Å². The number of carboxylic acids is 1. The highest BCUT2D eigenvalue weighted by molar-refractivity contribution is 7.87. The summed E-state index contributed by atoms with van der Waals surface area (Å²) in [5.74, 6) is -2.92. The van der Waals surface area contributed by atoms with Gasteiger partial charge in [0.25, 0.3) is 21.9 Å². The summed E-state index contributed by atoms with van der Waals surface area (Å²) >= 11 is 0. The fourth-order valence-electron chi connectivity index (χ4n) is 6.03. The maximum atomic E-state index is 13.4. The average molecular weight is 496 g/mol. The number of hydrogen-bond acceptors (Lipinski definition) is 6. The first-order chi connectivity index (χ1) is 16.6. The fraction of sp³-hybridized carbons (Fsp3) is 0.346. The van der Waals surface area contributed by atoms with E-state index in [1.165, 1.54) is 0 Å². The number of benzene rings is 2. The Hall–Kier alpha value is -3.30. The SMILES string of the molecule is CC1(CC(=O)O)CC2CC1CC2S(=O)(=O)ON1C(=O)C(c2ccccc2)=C(c2ccccc2)C1=O. The van der Waals surface area contributed by atoms with Gasteiger partial charge in [-0.05, 0) is 47.6 Å². The van der Waals surface area contributed by atoms with E-state index in [2.05, 4.69) is 0 Å². The second-order valence-corrected chi connectivity index (χ2v) is 11.6. The molecule has 1 N–H and O–H groups in total. The number of nitrogens with zero attached hydrogens (tertiary/aromatic N) is 1. The van der Waals surface area contributed by atoms with Crippen LogP contribution in [0.4, 0.5) is 0 Å². The number of hydroxylamine groups is 2. The number of rotatable bonds is 7. The molecule has 2 saturated carbocycles. The van der Waals surface area contributed by atoms with Crippen LogP contribution in [-0.4, -0.2) is 41.6 Å². The van der Waals surface area contributed by atoms with Crippen molar-refractivity contribution in [2.45, 2.75) is 37.9 Å². The summed E-state index contributed by atoms with van der Waals surface area (Å²) in [6.07, 6.45) is 1.26. The summed E-state index contributed by atoms with van der Waals surface area (Å²) in [7, 11) is -4.32. The van der Waals surface area contributed by atoms with Gasteiger partial charge in [-0.1, -0.05) is 67.6 Å². The predicted molar refractivity (Wildman–Crippen MR) is 127 cm³/mol. The normalized spacial score (nSPS) is 28.3. The quantitative estimate of drug-likeness (QED) is 0.584. The van der Waals surface area contributed by atoms with Crippen molar-refractivity contribution in [3.05, 3.63) is 71.8 Å². The van der Waals surface area contributed by atoms with Crippen molar-refractivity contribution in [2.75, 3.05) is 0 Å². The van der Waals surface area contributed by atoms with Crippen LogP contribution in [0, 0.1) is 17.3 Å². The van der Waals surface area contributed by atoms with Crippen LogP contribution in [0.5, 0.6) is 0 Å². The Labute approximate surface area is 203 Å². The van der Waals surface area contributed by atoms with Crippen molar-refractivity contribution in [2.24, 2.45) is 17.3 Å². The van der Waals surface area contributed by atoms with Crippen LogP contribution in [0.25, 0.3) is 11.1 Å². The molecule has 1 aliphatic heterocycles. The molecular weight excluding hydrogens is 470 g/mol. The van der Waals surface area contributed by atoms with E-state index in [0.717, 1.165) is 0 Å². The van der Waals surface area contributed by atoms with Crippen LogP contribution in [0.1, 0.15) is 43.7 Å². The zero-order valence-corrected chi connectivity index (χ0v) is 19.9. The van der Waals surface area contributed by atoms with E-state index in [9.17, 15) is 27.9 Å². The number of imide groups is 1. The van der Waals surface area contributed by atoms with Crippen molar-refractivity contribution < 1.29 is 32.2 Å². The zero-order valence-electron chi connectivity index (χ0n) is 19.1. The molecular formula is C26H25NO7S. The Morgan fingerprint density at radius 2 is 1.49 bits per heavy atom. The Kier molecular flexibility index (Phi) is 5.64. The van der Waals surface area contributed by atoms with Crippen LogP contribution in [-0.2, 0) is 28.8 Å². The third-order valence-corrected chi connectivity index (χ3v) is 9.30. The molecule has 9 heteroatoms. The monoisotopic (exact) mass is 495 g/mol. The Balaban J connectivity index is 1.43. The number of amides is 2. The lowest BCUT2D eigenvalue weighted by Crippen LogP contribution is -2.41. The molecule has 0 spiro atoms. The van der Waals surface area contributed by atoms with Gasteiger partial charge in [-0.25, -0.2) is 0 Å². The second kappa shape index (κ2) is 8.42. The minimum atomic E-state index is -4.32. The predicted octanol–water partition coefficient (Wildman–Crippen LogP) is 3.51. The molecule has 3 aliphatic rings. The van der Waals surface area contributed by atoms with Gasteiger partial charge in [0.05, 0.1) is 22.8 Å². The molecule has 0 saturated heterocycles. The lowest BCUT2D eigenvalue weighted by atomic mass is 9.72. The van der Waals surface area contributed by atoms with Gasteiger partial charge in [-0.3, -0.25) is 14.4 Å². The third kappa shape index (κ3) is 3.98. The molecule has 35 heavy (non-hydrogen) atoms. The molecule has 5 rings (SSSR count). The van der Waals surface area contributed by atoms with Crippen molar-refractivity contribution in [3.63, 3.8) is 0 Å². The van der Waals surface area contributed by atoms with E-state index in [1.807, 2.05) is 6.92 Å². The number of carboxylic acid groups (broad SMARTS) is 1. The van der Waals surface area contributed by atoms with E-state index in [0.29, 0.717) is 29.0 Å². The lowest BCUT2D eigenvalue weighted by Gasteiger charge is -2.35. The Morgan fingerprint density at radius 3 is 1.91 bits per heavy atom. The first-order valence-electron chi connectivity index (χ1n) is 11.5. The number of carbonyl (C=O) groups excluding carboxylic acids is 2. The van der Waals surface area contributed by atoms with Gasteiger partial charge in [0.1, 0.15) is 0 Å². The molecule has 2 amide bonds. The summed E-state index contributed by atoms with van der Waals surface area (Å²) in [5, 5.41) is 8.72. The third-order valence-electron chi connectivity index (χ3n) is 7.62. The average Bonchev–Trinajstić information content (AvgIpc) is 3.45. The number of fused-ring (bicyclic) bond motifs is 2. The molecule has 4 atom stereocenters. The molecule has 2 aliphatic carbocycles. The van der Waals surface area contributed by atoms with Crippen molar-refractivity contribution in [1.29, 1.82) is 0 Å². The summed E-state index contributed by atoms with van der Waals surface area (Å²) in [6, 6.07) is 17.2. The molecule has 2 aromatic carbocycles. The standard InChI is InChI=1S/C26H25NO7S/c1-26(15-21(28)29)14-18-12-19(26)13-20(18)35(32,33)34-27-24(30)22(16-8-4-2-5-9-16)23(25(27)31)17-10-6-3-7-11-17/h2-11,18-20H,12-15H2,1H3,(H,28,29). The Morgan fingerprint density at radius 1 is 0.971 bits per heavy atom. The molecule has 0 aromatic heterocycles. The van der Waals surface area contributed by atoms with Gasteiger partial charge in [-0.2, -0.15) is 8.42 Å². The fourth-order valence-corrected chi connectivity index (χ4v) is 7.63. The second-order valence-electron chi connectivity index (χ2n) is 9.85. The first-order valence-corrected chi connectivity index (χ1v) is 13.0. The molecule has 0 radical (unpaired) electrons. The Bertz CT molecular complexity index is 1270. The maximum absolute atomic E-state index is 13.4. The van der Waals surface area contributed by atoms with Crippen LogP contribution < -0.4 is 0 Å². The van der Waals surface area contributed by atoms with Gasteiger partial charge in [0.2, 0.25) is 0 Å². The maximum Gasteiger partial charge on any atom is 0.303 e. The highest BCUT2D eigenvalue weighted by atomic mass is 32.2. The highest BCUT2D eigenvalue weighted by Crippen LogP contribution is 2.59. The molecule has 182 valence electrons. The van der Waals surface area contributed by atoms with E-state index < -0.39 is 38.6 Å². The molecule has 2 bridgehead atoms. The van der Waals surface area contributed by atoms with Crippen LogP contribution in [0.15, 0.2) is 60.7 Å². The molecule has 8 nitrogen and oxygen atoms in total. The van der Waals surface area contributed by atoms with E-state index in [4.69, 9.17) is 4.28 Å². The number of carbonyl (C=O) groups is 3. The summed E-state index contributed by atoms with van der Waals surface area (Å²) in [5.41, 5.74) is 0.665. The summed E-state index contributed by atoms with van der Waals surface area (Å²) in [6.45, 7) is 1.88. The van der Waals surface area contributed by atoms with Crippen molar-refractivity contribution >= 4 is 39.0 Å². The largest absolute Gasteiger partial charge is 0.481 e. The molecule has 2 fully saturated rings. The van der Waals surface area contributed by atoms with E-state index in [1.54, 1.807) is 60.7 Å².